The summed E-state index contributed by atoms with van der Waals surface area (Å²) >= 11 is 0. The molecule has 0 bridgehead atoms. The van der Waals surface area contributed by atoms with Crippen LogP contribution in [0.15, 0.2) is 41.3 Å². The first-order chi connectivity index (χ1) is 13.3. The van der Waals surface area contributed by atoms with Gasteiger partial charge in [0.05, 0.1) is 17.8 Å². The highest BCUT2D eigenvalue weighted by molar-refractivity contribution is 5.79. The minimum absolute atomic E-state index is 0.141. The van der Waals surface area contributed by atoms with E-state index in [4.69, 9.17) is 0 Å². The number of amides is 1. The molecule has 2 heterocycles. The number of hydrogen-bond donors (Lipinski definition) is 2. The van der Waals surface area contributed by atoms with Gasteiger partial charge in [-0.05, 0) is 30.5 Å². The van der Waals surface area contributed by atoms with Crippen LogP contribution in [0.1, 0.15) is 18.4 Å². The van der Waals surface area contributed by atoms with Crippen molar-refractivity contribution in [3.8, 4) is 5.75 Å². The van der Waals surface area contributed by atoms with Gasteiger partial charge in [-0.3, -0.25) is 9.59 Å². The number of nitrogens with one attached hydrogen (secondary N) is 2. The molecule has 1 aliphatic rings. The Labute approximate surface area is 158 Å². The Kier molecular flexibility index (Phi) is 5.86. The third kappa shape index (κ3) is 5.48. The van der Waals surface area contributed by atoms with Gasteiger partial charge in [-0.25, -0.2) is 5.10 Å². The second-order valence-corrected chi connectivity index (χ2v) is 6.50. The Morgan fingerprint density at radius 2 is 2.07 bits per heavy atom. The van der Waals surface area contributed by atoms with Crippen molar-refractivity contribution in [2.45, 2.75) is 25.7 Å². The van der Waals surface area contributed by atoms with E-state index in [1.165, 1.54) is 30.3 Å². The molecule has 1 amide bonds. The van der Waals surface area contributed by atoms with Gasteiger partial charge in [0.1, 0.15) is 5.75 Å². The second-order valence-electron chi connectivity index (χ2n) is 6.50. The number of alkyl halides is 3. The molecule has 10 heteroatoms. The van der Waals surface area contributed by atoms with Crippen LogP contribution in [0.5, 0.6) is 5.75 Å². The molecule has 0 saturated carbocycles. The van der Waals surface area contributed by atoms with Crippen molar-refractivity contribution in [1.29, 1.82) is 0 Å². The second kappa shape index (κ2) is 8.32. The summed E-state index contributed by atoms with van der Waals surface area (Å²) in [7, 11) is 0. The average molecular weight is 396 g/mol. The molecule has 0 aliphatic carbocycles. The van der Waals surface area contributed by atoms with Crippen LogP contribution in [-0.4, -0.2) is 35.6 Å². The maximum atomic E-state index is 12.5. The van der Waals surface area contributed by atoms with E-state index >= 15 is 0 Å². The van der Waals surface area contributed by atoms with Crippen molar-refractivity contribution in [2.75, 3.05) is 18.0 Å². The molecule has 1 aliphatic heterocycles. The fourth-order valence-corrected chi connectivity index (χ4v) is 3.11. The van der Waals surface area contributed by atoms with Crippen LogP contribution in [0.3, 0.4) is 0 Å². The van der Waals surface area contributed by atoms with Gasteiger partial charge in [0.15, 0.2) is 0 Å². The van der Waals surface area contributed by atoms with Gasteiger partial charge >= 0.3 is 6.36 Å². The Bertz CT molecular complexity index is 867. The molecule has 0 radical (unpaired) electrons. The molecule has 28 heavy (non-hydrogen) atoms. The number of carbonyl (C=O) groups is 1. The Hall–Kier alpha value is -3.04. The summed E-state index contributed by atoms with van der Waals surface area (Å²) in [6.45, 7) is 1.40. The quantitative estimate of drug-likeness (QED) is 0.809. The van der Waals surface area contributed by atoms with Crippen molar-refractivity contribution >= 4 is 11.6 Å². The van der Waals surface area contributed by atoms with Gasteiger partial charge in [-0.2, -0.15) is 5.10 Å². The van der Waals surface area contributed by atoms with E-state index in [1.54, 1.807) is 6.20 Å². The van der Waals surface area contributed by atoms with Crippen LogP contribution in [0.2, 0.25) is 0 Å². The largest absolute Gasteiger partial charge is 0.573 e. The molecule has 0 spiro atoms. The zero-order valence-electron chi connectivity index (χ0n) is 14.8. The minimum atomic E-state index is -4.73. The number of nitrogens with zero attached hydrogens (tertiary/aromatic N) is 2. The van der Waals surface area contributed by atoms with Crippen molar-refractivity contribution in [3.63, 3.8) is 0 Å². The van der Waals surface area contributed by atoms with Crippen LogP contribution in [0, 0.1) is 5.92 Å². The SMILES string of the molecule is O=C(NCc1ccc(OC(F)(F)F)cc1)C1CCCN(c2cn[nH]c(=O)c2)C1. The van der Waals surface area contributed by atoms with Crippen molar-refractivity contribution in [2.24, 2.45) is 5.92 Å². The van der Waals surface area contributed by atoms with Crippen LogP contribution in [0.4, 0.5) is 18.9 Å². The first-order valence-electron chi connectivity index (χ1n) is 8.72. The Morgan fingerprint density at radius 1 is 1.32 bits per heavy atom. The minimum Gasteiger partial charge on any atom is -0.406 e. The number of carbonyl (C=O) groups excluding carboxylic acids is 1. The van der Waals surface area contributed by atoms with Gasteiger partial charge < -0.3 is 15.0 Å². The van der Waals surface area contributed by atoms with Gasteiger partial charge in [0, 0.05) is 25.7 Å². The molecule has 1 aromatic heterocycles. The number of piperidine rings is 1. The lowest BCUT2D eigenvalue weighted by molar-refractivity contribution is -0.274. The lowest BCUT2D eigenvalue weighted by Crippen LogP contribution is -2.43. The summed E-state index contributed by atoms with van der Waals surface area (Å²) in [4.78, 5) is 25.8. The van der Waals surface area contributed by atoms with E-state index in [0.29, 0.717) is 17.8 Å². The number of hydrogen-bond acceptors (Lipinski definition) is 5. The predicted molar refractivity (Wildman–Crippen MR) is 94.8 cm³/mol. The number of halogens is 3. The monoisotopic (exact) mass is 396 g/mol. The lowest BCUT2D eigenvalue weighted by atomic mass is 9.96. The topological polar surface area (TPSA) is 87.3 Å². The first kappa shape index (κ1) is 19.7. The molecule has 150 valence electrons. The van der Waals surface area contributed by atoms with E-state index in [0.717, 1.165) is 19.4 Å². The summed E-state index contributed by atoms with van der Waals surface area (Å²) in [5.41, 5.74) is 1.03. The maximum Gasteiger partial charge on any atom is 0.573 e. The van der Waals surface area contributed by atoms with E-state index in [1.807, 2.05) is 4.90 Å². The fraction of sp³-hybridized carbons (Fsp3) is 0.389. The molecule has 2 aromatic rings. The smallest absolute Gasteiger partial charge is 0.406 e. The zero-order valence-corrected chi connectivity index (χ0v) is 14.8. The van der Waals surface area contributed by atoms with Gasteiger partial charge in [-0.1, -0.05) is 12.1 Å². The number of aromatic nitrogens is 2. The summed E-state index contributed by atoms with van der Waals surface area (Å²) in [5.74, 6) is -0.698. The summed E-state index contributed by atoms with van der Waals surface area (Å²) < 4.78 is 40.3. The van der Waals surface area contributed by atoms with Crippen LogP contribution in [-0.2, 0) is 11.3 Å². The van der Waals surface area contributed by atoms with Crippen molar-refractivity contribution < 1.29 is 22.7 Å². The summed E-state index contributed by atoms with van der Waals surface area (Å²) in [6, 6.07) is 6.79. The van der Waals surface area contributed by atoms with Crippen molar-refractivity contribution in [1.82, 2.24) is 15.5 Å². The average Bonchev–Trinajstić information content (AvgIpc) is 2.66. The third-order valence-electron chi connectivity index (χ3n) is 4.43. The first-order valence-corrected chi connectivity index (χ1v) is 8.72. The molecular weight excluding hydrogens is 377 g/mol. The maximum absolute atomic E-state index is 12.5. The highest BCUT2D eigenvalue weighted by Gasteiger charge is 2.31. The fourth-order valence-electron chi connectivity index (χ4n) is 3.11. The number of ether oxygens (including phenoxy) is 1. The lowest BCUT2D eigenvalue weighted by Gasteiger charge is -2.33. The molecule has 1 fully saturated rings. The van der Waals surface area contributed by atoms with Gasteiger partial charge in [0.2, 0.25) is 5.91 Å². The highest BCUT2D eigenvalue weighted by Crippen LogP contribution is 2.23. The van der Waals surface area contributed by atoms with Gasteiger partial charge in [-0.15, -0.1) is 13.2 Å². The number of aromatic amines is 1. The van der Waals surface area contributed by atoms with E-state index in [9.17, 15) is 22.8 Å². The van der Waals surface area contributed by atoms with Crippen LogP contribution >= 0.6 is 0 Å². The number of H-pyrrole nitrogens is 1. The van der Waals surface area contributed by atoms with Crippen LogP contribution < -0.4 is 20.5 Å². The number of anilines is 1. The predicted octanol–water partition coefficient (Wildman–Crippen LogP) is 2.20. The molecule has 3 rings (SSSR count). The summed E-state index contributed by atoms with van der Waals surface area (Å²) in [5, 5.41) is 8.90. The van der Waals surface area contributed by atoms with E-state index in [2.05, 4.69) is 20.3 Å². The molecule has 7 nitrogen and oxygen atoms in total. The van der Waals surface area contributed by atoms with Crippen LogP contribution in [0.25, 0.3) is 0 Å². The molecule has 2 N–H and O–H groups in total. The number of benzene rings is 1. The standard InChI is InChI=1S/C18H19F3N4O3/c19-18(20,21)28-15-5-3-12(4-6-15)9-22-17(27)13-2-1-7-25(11-13)14-8-16(26)24-23-10-14/h3-6,8,10,13H,1-2,7,9,11H2,(H,22,27)(H,24,26). The molecule has 1 aromatic carbocycles. The van der Waals surface area contributed by atoms with Gasteiger partial charge in [0.25, 0.3) is 5.56 Å². The third-order valence-corrected chi connectivity index (χ3v) is 4.43. The summed E-state index contributed by atoms with van der Waals surface area (Å²) in [6.07, 6.45) is -1.67. The van der Waals surface area contributed by atoms with E-state index in [-0.39, 0.29) is 29.7 Å². The Morgan fingerprint density at radius 3 is 2.75 bits per heavy atom. The number of rotatable bonds is 5. The zero-order chi connectivity index (χ0) is 20.1. The molecular formula is C18H19F3N4O3. The molecule has 1 saturated heterocycles. The molecule has 1 atom stereocenters. The van der Waals surface area contributed by atoms with Crippen molar-refractivity contribution in [3.05, 3.63) is 52.4 Å². The normalized spacial score (nSPS) is 17.2. The van der Waals surface area contributed by atoms with E-state index < -0.39 is 6.36 Å². The Balaban J connectivity index is 1.53. The molecule has 1 unspecified atom stereocenters. The highest BCUT2D eigenvalue weighted by atomic mass is 19.4.